The molecule has 0 saturated heterocycles. The lowest BCUT2D eigenvalue weighted by atomic mass is 10.1. The largest absolute Gasteiger partial charge is 0.760 e. The van der Waals surface area contributed by atoms with Crippen molar-refractivity contribution in [2.24, 2.45) is 7.05 Å². The van der Waals surface area contributed by atoms with Crippen LogP contribution < -0.4 is 9.62 Å². The average molecular weight is 362 g/mol. The third-order valence-corrected chi connectivity index (χ3v) is 4.39. The molecule has 0 bridgehead atoms. The van der Waals surface area contributed by atoms with Crippen molar-refractivity contribution in [1.82, 2.24) is 19.3 Å². The van der Waals surface area contributed by atoms with E-state index in [1.807, 2.05) is 17.7 Å². The van der Waals surface area contributed by atoms with Gasteiger partial charge in [0.2, 0.25) is 0 Å². The van der Waals surface area contributed by atoms with E-state index in [2.05, 4.69) is 14.7 Å². The monoisotopic (exact) mass is 362 g/mol. The summed E-state index contributed by atoms with van der Waals surface area (Å²) >= 11 is -2.31. The summed E-state index contributed by atoms with van der Waals surface area (Å²) in [6.45, 7) is 0.226. The predicted octanol–water partition coefficient (Wildman–Crippen LogP) is 1.80. The molecule has 9 heteroatoms. The molecule has 1 unspecified atom stereocenters. The van der Waals surface area contributed by atoms with Gasteiger partial charge in [-0.3, -0.25) is 4.21 Å². The van der Waals surface area contributed by atoms with Crippen LogP contribution in [0.5, 0.6) is 0 Å². The van der Waals surface area contributed by atoms with Crippen molar-refractivity contribution in [3.05, 3.63) is 48.2 Å². The molecule has 0 aliphatic heterocycles. The van der Waals surface area contributed by atoms with Gasteiger partial charge in [0.05, 0.1) is 23.7 Å². The molecule has 0 aliphatic carbocycles. The van der Waals surface area contributed by atoms with Crippen LogP contribution in [0.3, 0.4) is 0 Å². The molecular weight excluding hydrogens is 345 g/mol. The maximum absolute atomic E-state index is 14.5. The van der Waals surface area contributed by atoms with Crippen molar-refractivity contribution in [2.45, 2.75) is 6.42 Å². The topological polar surface area (TPSA) is 86.1 Å². The molecule has 132 valence electrons. The van der Waals surface area contributed by atoms with Crippen molar-refractivity contribution >= 4 is 33.8 Å². The highest BCUT2D eigenvalue weighted by Gasteiger charge is 2.13. The Bertz CT molecular complexity index is 930. The molecule has 2 aromatic heterocycles. The second-order valence-electron chi connectivity index (χ2n) is 5.61. The standard InChI is InChI=1S/C16H18FN5O2S/c1-21-10-19-13-9-18-16(8-15(13)21)22(2)14-4-3-11(7-12(14)17)5-6-20-25(23)24/h3-4,7-10,20H,5-6H2,1-2H3,(H,23,24)/p-1. The molecule has 2 heterocycles. The van der Waals surface area contributed by atoms with E-state index in [0.29, 0.717) is 23.5 Å². The van der Waals surface area contributed by atoms with Crippen LogP contribution in [0.15, 0.2) is 36.8 Å². The first-order valence-corrected chi connectivity index (χ1v) is 8.65. The van der Waals surface area contributed by atoms with Gasteiger partial charge in [-0.15, -0.1) is 0 Å². The van der Waals surface area contributed by atoms with Crippen LogP contribution in [0.4, 0.5) is 15.9 Å². The number of hydrogen-bond acceptors (Lipinski definition) is 5. The maximum atomic E-state index is 14.5. The Morgan fingerprint density at radius 1 is 1.36 bits per heavy atom. The van der Waals surface area contributed by atoms with E-state index < -0.39 is 17.1 Å². The molecule has 0 saturated carbocycles. The first kappa shape index (κ1) is 17.5. The summed E-state index contributed by atoms with van der Waals surface area (Å²) in [5.74, 6) is 0.210. The van der Waals surface area contributed by atoms with E-state index in [1.165, 1.54) is 6.07 Å². The molecule has 7 nitrogen and oxygen atoms in total. The Morgan fingerprint density at radius 3 is 2.88 bits per heavy atom. The van der Waals surface area contributed by atoms with Gasteiger partial charge in [-0.2, -0.15) is 0 Å². The van der Waals surface area contributed by atoms with E-state index in [0.717, 1.165) is 11.0 Å². The minimum absolute atomic E-state index is 0.226. The van der Waals surface area contributed by atoms with Crippen LogP contribution in [0.25, 0.3) is 11.0 Å². The fourth-order valence-electron chi connectivity index (χ4n) is 2.58. The predicted molar refractivity (Wildman–Crippen MR) is 93.6 cm³/mol. The lowest BCUT2D eigenvalue weighted by molar-refractivity contribution is 0.523. The van der Waals surface area contributed by atoms with Gasteiger partial charge in [0.1, 0.15) is 17.2 Å². The van der Waals surface area contributed by atoms with E-state index in [1.54, 1.807) is 36.6 Å². The summed E-state index contributed by atoms with van der Waals surface area (Å²) in [5.41, 5.74) is 2.78. The van der Waals surface area contributed by atoms with E-state index in [9.17, 15) is 13.2 Å². The molecule has 0 amide bonds. The smallest absolute Gasteiger partial charge is 0.147 e. The molecule has 25 heavy (non-hydrogen) atoms. The fraction of sp³-hybridized carbons (Fsp3) is 0.250. The number of nitrogens with one attached hydrogen (secondary N) is 1. The van der Waals surface area contributed by atoms with Crippen molar-refractivity contribution in [1.29, 1.82) is 0 Å². The van der Waals surface area contributed by atoms with Crippen molar-refractivity contribution in [2.75, 3.05) is 18.5 Å². The first-order chi connectivity index (χ1) is 12.0. The normalized spacial score (nSPS) is 12.5. The zero-order valence-electron chi connectivity index (χ0n) is 13.8. The molecule has 0 aliphatic rings. The van der Waals surface area contributed by atoms with Gasteiger partial charge in [-0.25, -0.2) is 19.1 Å². The Balaban J connectivity index is 1.82. The Morgan fingerprint density at radius 2 is 2.16 bits per heavy atom. The molecule has 1 aromatic carbocycles. The number of aromatic nitrogens is 3. The number of halogens is 1. The van der Waals surface area contributed by atoms with Crippen LogP contribution in [0.2, 0.25) is 0 Å². The number of aryl methyl sites for hydroxylation is 1. The first-order valence-electron chi connectivity index (χ1n) is 7.57. The molecule has 0 radical (unpaired) electrons. The van der Waals surface area contributed by atoms with Gasteiger partial charge in [0, 0.05) is 38.0 Å². The quantitative estimate of drug-likeness (QED) is 0.676. The summed E-state index contributed by atoms with van der Waals surface area (Å²) < 4.78 is 39.5. The summed E-state index contributed by atoms with van der Waals surface area (Å²) in [6.07, 6.45) is 3.77. The number of fused-ring (bicyclic) bond motifs is 1. The van der Waals surface area contributed by atoms with Crippen LogP contribution in [0.1, 0.15) is 5.56 Å². The highest BCUT2D eigenvalue weighted by molar-refractivity contribution is 7.77. The number of anilines is 2. The van der Waals surface area contributed by atoms with Gasteiger partial charge < -0.3 is 14.0 Å². The summed E-state index contributed by atoms with van der Waals surface area (Å²) in [4.78, 5) is 10.2. The van der Waals surface area contributed by atoms with E-state index in [4.69, 9.17) is 0 Å². The number of pyridine rings is 1. The highest BCUT2D eigenvalue weighted by atomic mass is 32.2. The number of nitrogens with zero attached hydrogens (tertiary/aromatic N) is 4. The van der Waals surface area contributed by atoms with Crippen LogP contribution >= 0.6 is 0 Å². The fourth-order valence-corrected chi connectivity index (χ4v) is 2.85. The zero-order chi connectivity index (χ0) is 18.0. The number of rotatable bonds is 6. The zero-order valence-corrected chi connectivity index (χ0v) is 14.6. The number of benzene rings is 1. The summed E-state index contributed by atoms with van der Waals surface area (Å²) in [6, 6.07) is 6.69. The minimum atomic E-state index is -2.31. The molecule has 3 aromatic rings. The molecule has 3 rings (SSSR count). The van der Waals surface area contributed by atoms with Gasteiger partial charge in [0.25, 0.3) is 0 Å². The molecule has 0 fully saturated rings. The van der Waals surface area contributed by atoms with E-state index >= 15 is 0 Å². The maximum Gasteiger partial charge on any atom is 0.147 e. The molecular formula is C16H17FN5O2S-. The SMILES string of the molecule is CN(c1cc2c(cn1)ncn2C)c1ccc(CCNS(=O)[O-])cc1F. The summed E-state index contributed by atoms with van der Waals surface area (Å²) in [7, 11) is 3.63. The lowest BCUT2D eigenvalue weighted by Gasteiger charge is -2.19. The minimum Gasteiger partial charge on any atom is -0.760 e. The molecule has 1 N–H and O–H groups in total. The number of hydrogen-bond donors (Lipinski definition) is 1. The molecule has 1 atom stereocenters. The summed E-state index contributed by atoms with van der Waals surface area (Å²) in [5, 5.41) is 0. The Kier molecular flexibility index (Phi) is 5.07. The van der Waals surface area contributed by atoms with Gasteiger partial charge in [-0.05, 0) is 24.1 Å². The Labute approximate surface area is 146 Å². The van der Waals surface area contributed by atoms with Crippen LogP contribution in [-0.2, 0) is 24.7 Å². The van der Waals surface area contributed by atoms with Gasteiger partial charge in [0.15, 0.2) is 0 Å². The number of imidazole rings is 1. The molecule has 0 spiro atoms. The third kappa shape index (κ3) is 3.84. The lowest BCUT2D eigenvalue weighted by Crippen LogP contribution is -2.19. The van der Waals surface area contributed by atoms with Crippen LogP contribution in [0, 0.1) is 5.82 Å². The highest BCUT2D eigenvalue weighted by Crippen LogP contribution is 2.27. The van der Waals surface area contributed by atoms with Crippen molar-refractivity contribution in [3.63, 3.8) is 0 Å². The second-order valence-corrected chi connectivity index (χ2v) is 6.37. The second kappa shape index (κ2) is 7.26. The average Bonchev–Trinajstić information content (AvgIpc) is 2.95. The third-order valence-electron chi connectivity index (χ3n) is 3.95. The van der Waals surface area contributed by atoms with E-state index in [-0.39, 0.29) is 6.54 Å². The van der Waals surface area contributed by atoms with Gasteiger partial charge in [-0.1, -0.05) is 6.07 Å². The van der Waals surface area contributed by atoms with Crippen molar-refractivity contribution in [3.8, 4) is 0 Å². The van der Waals surface area contributed by atoms with Crippen molar-refractivity contribution < 1.29 is 13.2 Å². The Hall–Kier alpha value is -2.36. The van der Waals surface area contributed by atoms with Gasteiger partial charge >= 0.3 is 0 Å². The van der Waals surface area contributed by atoms with Crippen LogP contribution in [-0.4, -0.2) is 36.9 Å².